The Morgan fingerprint density at radius 3 is 2.95 bits per heavy atom. The standard InChI is InChI=1S/C15H21N3S/c1-11-5-4-8-18(14(11)10-17)13-6-3-7-15(19-2)12(13)9-16/h3,6-7,11,14H,4-5,8,10,17H2,1-2H3. The predicted octanol–water partition coefficient (Wildman–Crippen LogP) is 2.84. The molecule has 0 radical (unpaired) electrons. The van der Waals surface area contributed by atoms with Crippen LogP contribution in [0.4, 0.5) is 5.69 Å². The summed E-state index contributed by atoms with van der Waals surface area (Å²) in [5, 5.41) is 9.46. The molecular formula is C15H21N3S. The lowest BCUT2D eigenvalue weighted by atomic mass is 9.90. The Morgan fingerprint density at radius 1 is 1.53 bits per heavy atom. The van der Waals surface area contributed by atoms with E-state index in [9.17, 15) is 5.26 Å². The van der Waals surface area contributed by atoms with Crippen molar-refractivity contribution in [1.82, 2.24) is 0 Å². The van der Waals surface area contributed by atoms with Crippen LogP contribution in [0.3, 0.4) is 0 Å². The zero-order valence-electron chi connectivity index (χ0n) is 11.6. The fourth-order valence-electron chi connectivity index (χ4n) is 2.95. The summed E-state index contributed by atoms with van der Waals surface area (Å²) in [5.74, 6) is 0.586. The Bertz CT molecular complexity index is 481. The number of nitrogens with two attached hydrogens (primary N) is 1. The van der Waals surface area contributed by atoms with Crippen molar-refractivity contribution in [2.45, 2.75) is 30.7 Å². The van der Waals surface area contributed by atoms with Crippen molar-refractivity contribution in [3.8, 4) is 6.07 Å². The number of piperidine rings is 1. The highest BCUT2D eigenvalue weighted by molar-refractivity contribution is 7.98. The Morgan fingerprint density at radius 2 is 2.32 bits per heavy atom. The maximum Gasteiger partial charge on any atom is 0.103 e. The van der Waals surface area contributed by atoms with Gasteiger partial charge in [-0.1, -0.05) is 13.0 Å². The van der Waals surface area contributed by atoms with Crippen molar-refractivity contribution in [3.05, 3.63) is 23.8 Å². The summed E-state index contributed by atoms with van der Waals surface area (Å²) in [4.78, 5) is 3.39. The summed E-state index contributed by atoms with van der Waals surface area (Å²) in [6.45, 7) is 3.91. The second-order valence-corrected chi connectivity index (χ2v) is 5.93. The topological polar surface area (TPSA) is 53.0 Å². The van der Waals surface area contributed by atoms with Gasteiger partial charge < -0.3 is 10.6 Å². The number of anilines is 1. The van der Waals surface area contributed by atoms with E-state index >= 15 is 0 Å². The molecule has 3 nitrogen and oxygen atoms in total. The van der Waals surface area contributed by atoms with E-state index in [1.807, 2.05) is 18.4 Å². The van der Waals surface area contributed by atoms with Gasteiger partial charge in [-0.2, -0.15) is 5.26 Å². The predicted molar refractivity (Wildman–Crippen MR) is 81.5 cm³/mol. The normalized spacial score (nSPS) is 23.2. The third-order valence-electron chi connectivity index (χ3n) is 4.00. The van der Waals surface area contributed by atoms with Gasteiger partial charge in [0.05, 0.1) is 11.3 Å². The first-order valence-electron chi connectivity index (χ1n) is 6.76. The molecule has 2 atom stereocenters. The lowest BCUT2D eigenvalue weighted by Gasteiger charge is -2.41. The van der Waals surface area contributed by atoms with Crippen LogP contribution in [0.2, 0.25) is 0 Å². The number of nitrogens with zero attached hydrogens (tertiary/aromatic N) is 2. The molecule has 102 valence electrons. The van der Waals surface area contributed by atoms with Gasteiger partial charge in [0, 0.05) is 24.0 Å². The number of thioether (sulfide) groups is 1. The van der Waals surface area contributed by atoms with Crippen molar-refractivity contribution in [3.63, 3.8) is 0 Å². The van der Waals surface area contributed by atoms with E-state index in [0.29, 0.717) is 18.5 Å². The third kappa shape index (κ3) is 2.72. The highest BCUT2D eigenvalue weighted by Crippen LogP contribution is 2.34. The molecule has 1 aliphatic heterocycles. The lowest BCUT2D eigenvalue weighted by molar-refractivity contribution is 0.349. The van der Waals surface area contributed by atoms with Crippen LogP contribution in [-0.4, -0.2) is 25.4 Å². The van der Waals surface area contributed by atoms with Crippen LogP contribution in [0.1, 0.15) is 25.3 Å². The van der Waals surface area contributed by atoms with Crippen LogP contribution in [0, 0.1) is 17.2 Å². The minimum atomic E-state index is 0.345. The summed E-state index contributed by atoms with van der Waals surface area (Å²) in [6.07, 6.45) is 4.41. The number of nitriles is 1. The molecule has 0 bridgehead atoms. The van der Waals surface area contributed by atoms with E-state index in [2.05, 4.69) is 24.0 Å². The first kappa shape index (κ1) is 14.2. The maximum atomic E-state index is 9.46. The summed E-state index contributed by atoms with van der Waals surface area (Å²) >= 11 is 1.63. The summed E-state index contributed by atoms with van der Waals surface area (Å²) < 4.78 is 0. The summed E-state index contributed by atoms with van der Waals surface area (Å²) in [5.41, 5.74) is 7.80. The first-order chi connectivity index (χ1) is 9.22. The molecule has 0 aliphatic carbocycles. The number of hydrogen-bond acceptors (Lipinski definition) is 4. The quantitative estimate of drug-likeness (QED) is 0.862. The molecule has 1 aromatic carbocycles. The zero-order chi connectivity index (χ0) is 13.8. The average Bonchev–Trinajstić information content (AvgIpc) is 2.45. The maximum absolute atomic E-state index is 9.46. The number of hydrogen-bond donors (Lipinski definition) is 1. The van der Waals surface area contributed by atoms with Gasteiger partial charge in [-0.25, -0.2) is 0 Å². The largest absolute Gasteiger partial charge is 0.366 e. The summed E-state index contributed by atoms with van der Waals surface area (Å²) in [6, 6.07) is 8.82. The molecule has 0 aromatic heterocycles. The SMILES string of the molecule is CSc1cccc(N2CCCC(C)C2CN)c1C#N. The van der Waals surface area contributed by atoms with E-state index in [0.717, 1.165) is 22.7 Å². The van der Waals surface area contributed by atoms with E-state index < -0.39 is 0 Å². The molecule has 19 heavy (non-hydrogen) atoms. The first-order valence-corrected chi connectivity index (χ1v) is 7.99. The molecule has 1 heterocycles. The lowest BCUT2D eigenvalue weighted by Crippen LogP contribution is -2.49. The molecular weight excluding hydrogens is 254 g/mol. The van der Waals surface area contributed by atoms with Crippen molar-refractivity contribution >= 4 is 17.4 Å². The molecule has 0 spiro atoms. The molecule has 1 aromatic rings. The van der Waals surface area contributed by atoms with Gasteiger partial charge in [0.25, 0.3) is 0 Å². The number of benzene rings is 1. The second-order valence-electron chi connectivity index (χ2n) is 5.08. The molecule has 4 heteroatoms. The van der Waals surface area contributed by atoms with E-state index in [-0.39, 0.29) is 0 Å². The van der Waals surface area contributed by atoms with E-state index in [1.165, 1.54) is 12.8 Å². The molecule has 0 saturated carbocycles. The monoisotopic (exact) mass is 275 g/mol. The van der Waals surface area contributed by atoms with Crippen LogP contribution in [0.5, 0.6) is 0 Å². The van der Waals surface area contributed by atoms with Crippen molar-refractivity contribution in [2.75, 3.05) is 24.2 Å². The van der Waals surface area contributed by atoms with E-state index in [1.54, 1.807) is 11.8 Å². The Labute approximate surface area is 119 Å². The number of rotatable bonds is 3. The van der Waals surface area contributed by atoms with Gasteiger partial charge in [0.15, 0.2) is 0 Å². The van der Waals surface area contributed by atoms with Gasteiger partial charge in [-0.3, -0.25) is 0 Å². The molecule has 2 N–H and O–H groups in total. The summed E-state index contributed by atoms with van der Waals surface area (Å²) in [7, 11) is 0. The van der Waals surface area contributed by atoms with Crippen LogP contribution in [0.25, 0.3) is 0 Å². The van der Waals surface area contributed by atoms with Gasteiger partial charge in [0.1, 0.15) is 6.07 Å². The van der Waals surface area contributed by atoms with Gasteiger partial charge in [-0.15, -0.1) is 11.8 Å². The highest BCUT2D eigenvalue weighted by atomic mass is 32.2. The Balaban J connectivity index is 2.43. The zero-order valence-corrected chi connectivity index (χ0v) is 12.4. The van der Waals surface area contributed by atoms with Crippen molar-refractivity contribution in [2.24, 2.45) is 11.7 Å². The fraction of sp³-hybridized carbons (Fsp3) is 0.533. The minimum Gasteiger partial charge on any atom is -0.366 e. The molecule has 1 aliphatic rings. The van der Waals surface area contributed by atoms with Gasteiger partial charge in [0.2, 0.25) is 0 Å². The van der Waals surface area contributed by atoms with Gasteiger partial charge in [-0.05, 0) is 37.1 Å². The fourth-order valence-corrected chi connectivity index (χ4v) is 3.52. The molecule has 2 unspecified atom stereocenters. The highest BCUT2D eigenvalue weighted by Gasteiger charge is 2.29. The Hall–Kier alpha value is -1.18. The molecule has 0 amide bonds. The van der Waals surface area contributed by atoms with Crippen LogP contribution in [-0.2, 0) is 0 Å². The average molecular weight is 275 g/mol. The third-order valence-corrected chi connectivity index (χ3v) is 4.78. The smallest absolute Gasteiger partial charge is 0.103 e. The van der Waals surface area contributed by atoms with Crippen LogP contribution < -0.4 is 10.6 Å². The van der Waals surface area contributed by atoms with Gasteiger partial charge >= 0.3 is 0 Å². The van der Waals surface area contributed by atoms with Crippen LogP contribution in [0.15, 0.2) is 23.1 Å². The second kappa shape index (κ2) is 6.31. The molecule has 1 fully saturated rings. The van der Waals surface area contributed by atoms with Crippen LogP contribution >= 0.6 is 11.8 Å². The molecule has 1 saturated heterocycles. The minimum absolute atomic E-state index is 0.345. The molecule has 2 rings (SSSR count). The van der Waals surface area contributed by atoms with Crippen molar-refractivity contribution in [1.29, 1.82) is 5.26 Å². The van der Waals surface area contributed by atoms with E-state index in [4.69, 9.17) is 5.73 Å². The van der Waals surface area contributed by atoms with Crippen molar-refractivity contribution < 1.29 is 0 Å². The Kier molecular flexibility index (Phi) is 4.73.